The summed E-state index contributed by atoms with van der Waals surface area (Å²) in [5.74, 6) is 0.631. The minimum Gasteiger partial charge on any atom is -0.493 e. The first kappa shape index (κ1) is 25.3. The van der Waals surface area contributed by atoms with E-state index in [-0.39, 0.29) is 15.5 Å². The Bertz CT molecular complexity index is 1090. The fourth-order valence-electron chi connectivity index (χ4n) is 3.58. The molecule has 0 radical (unpaired) electrons. The fourth-order valence-corrected chi connectivity index (χ4v) is 5.33. The van der Waals surface area contributed by atoms with E-state index in [1.807, 2.05) is 13.0 Å². The number of sulfonamides is 1. The molecular weight excluding hydrogens is 468 g/mol. The molecule has 2 aromatic rings. The van der Waals surface area contributed by atoms with Crippen LogP contribution in [0.15, 0.2) is 41.3 Å². The molecule has 2 aromatic carbocycles. The van der Waals surface area contributed by atoms with Crippen LogP contribution in [0.5, 0.6) is 11.5 Å². The van der Waals surface area contributed by atoms with Gasteiger partial charge in [0.1, 0.15) is 6.61 Å². The van der Waals surface area contributed by atoms with Crippen molar-refractivity contribution in [3.05, 3.63) is 52.5 Å². The summed E-state index contributed by atoms with van der Waals surface area (Å²) in [6.45, 7) is 3.61. The maximum absolute atomic E-state index is 13.0. The van der Waals surface area contributed by atoms with Gasteiger partial charge >= 0.3 is 0 Å². The molecule has 1 atom stereocenters. The van der Waals surface area contributed by atoms with Crippen LogP contribution in [0.25, 0.3) is 0 Å². The number of nitrogens with zero attached hydrogens (tertiary/aromatic N) is 1. The van der Waals surface area contributed by atoms with Crippen molar-refractivity contribution in [2.75, 3.05) is 40.5 Å². The van der Waals surface area contributed by atoms with Crippen molar-refractivity contribution in [3.63, 3.8) is 0 Å². The number of methoxy groups -OCH3 is 2. The normalized spacial score (nSPS) is 15.3. The van der Waals surface area contributed by atoms with Crippen LogP contribution in [0, 0.1) is 0 Å². The highest BCUT2D eigenvalue weighted by Crippen LogP contribution is 2.31. The highest BCUT2D eigenvalue weighted by atomic mass is 35.5. The molecular formula is C23H29ClN2O6S. The molecule has 1 aliphatic heterocycles. The Hall–Kier alpha value is -2.33. The molecule has 1 saturated heterocycles. The molecule has 1 amide bonds. The third kappa shape index (κ3) is 5.97. The monoisotopic (exact) mass is 496 g/mol. The molecule has 180 valence electrons. The second-order valence-electron chi connectivity index (χ2n) is 7.70. The van der Waals surface area contributed by atoms with Gasteiger partial charge in [-0.15, -0.1) is 0 Å². The van der Waals surface area contributed by atoms with E-state index in [9.17, 15) is 13.2 Å². The van der Waals surface area contributed by atoms with Crippen LogP contribution < -0.4 is 14.8 Å². The first-order valence-corrected chi connectivity index (χ1v) is 12.5. The molecule has 1 unspecified atom stereocenters. The molecule has 10 heteroatoms. The van der Waals surface area contributed by atoms with Gasteiger partial charge in [-0.1, -0.05) is 17.7 Å². The number of nitrogens with one attached hydrogen (secondary N) is 1. The molecule has 1 N–H and O–H groups in total. The van der Waals surface area contributed by atoms with E-state index in [1.54, 1.807) is 19.2 Å². The number of hydrogen-bond acceptors (Lipinski definition) is 6. The van der Waals surface area contributed by atoms with Crippen LogP contribution in [0.1, 0.15) is 41.7 Å². The lowest BCUT2D eigenvalue weighted by molar-refractivity contribution is 0.0939. The maximum atomic E-state index is 13.0. The minimum absolute atomic E-state index is 0.0610. The summed E-state index contributed by atoms with van der Waals surface area (Å²) in [6.07, 6.45) is 1.66. The molecule has 0 aliphatic carbocycles. The molecule has 33 heavy (non-hydrogen) atoms. The zero-order valence-corrected chi connectivity index (χ0v) is 20.5. The predicted octanol–water partition coefficient (Wildman–Crippen LogP) is 3.65. The van der Waals surface area contributed by atoms with Crippen molar-refractivity contribution in [2.24, 2.45) is 0 Å². The second-order valence-corrected chi connectivity index (χ2v) is 10.0. The summed E-state index contributed by atoms with van der Waals surface area (Å²) in [7, 11) is -0.526. The van der Waals surface area contributed by atoms with Crippen LogP contribution in [-0.4, -0.2) is 59.2 Å². The van der Waals surface area contributed by atoms with E-state index < -0.39 is 22.0 Å². The smallest absolute Gasteiger partial charge is 0.253 e. The summed E-state index contributed by atoms with van der Waals surface area (Å²) in [5.41, 5.74) is 0.895. The van der Waals surface area contributed by atoms with E-state index in [0.717, 1.165) is 18.4 Å². The van der Waals surface area contributed by atoms with Gasteiger partial charge < -0.3 is 19.5 Å². The Morgan fingerprint density at radius 2 is 1.82 bits per heavy atom. The van der Waals surface area contributed by atoms with Gasteiger partial charge in [0.15, 0.2) is 11.5 Å². The SMILES string of the molecule is COCCOc1ccc(C(C)NC(=O)c2cc(S(=O)(=O)N3CCCC3)ccc2Cl)cc1OC. The lowest BCUT2D eigenvalue weighted by Crippen LogP contribution is -2.29. The van der Waals surface area contributed by atoms with Gasteiger partial charge in [0.2, 0.25) is 10.0 Å². The van der Waals surface area contributed by atoms with Crippen LogP contribution in [0.3, 0.4) is 0 Å². The second kappa shape index (κ2) is 11.2. The third-order valence-corrected chi connectivity index (χ3v) is 7.69. The molecule has 3 rings (SSSR count). The van der Waals surface area contributed by atoms with E-state index in [2.05, 4.69) is 5.32 Å². The van der Waals surface area contributed by atoms with Crippen molar-refractivity contribution < 1.29 is 27.4 Å². The zero-order chi connectivity index (χ0) is 24.0. The number of amides is 1. The number of carbonyl (C=O) groups excluding carboxylic acids is 1. The summed E-state index contributed by atoms with van der Waals surface area (Å²) in [6, 6.07) is 9.19. The number of benzene rings is 2. The lowest BCUT2D eigenvalue weighted by atomic mass is 10.1. The van der Waals surface area contributed by atoms with Gasteiger partial charge in [0.05, 0.1) is 35.2 Å². The van der Waals surface area contributed by atoms with Gasteiger partial charge in [-0.05, 0) is 55.7 Å². The van der Waals surface area contributed by atoms with Crippen LogP contribution >= 0.6 is 11.6 Å². The van der Waals surface area contributed by atoms with Crippen molar-refractivity contribution in [1.29, 1.82) is 0 Å². The first-order chi connectivity index (χ1) is 15.8. The van der Waals surface area contributed by atoms with Crippen LogP contribution in [0.4, 0.5) is 0 Å². The molecule has 1 aliphatic rings. The Morgan fingerprint density at radius 3 is 2.48 bits per heavy atom. The largest absolute Gasteiger partial charge is 0.493 e. The molecule has 1 heterocycles. The van der Waals surface area contributed by atoms with Gasteiger partial charge in [-0.3, -0.25) is 4.79 Å². The number of ether oxygens (including phenoxy) is 3. The minimum atomic E-state index is -3.66. The molecule has 0 aromatic heterocycles. The highest BCUT2D eigenvalue weighted by Gasteiger charge is 2.28. The van der Waals surface area contributed by atoms with Gasteiger partial charge in [0.25, 0.3) is 5.91 Å². The van der Waals surface area contributed by atoms with Gasteiger partial charge in [-0.25, -0.2) is 8.42 Å². The van der Waals surface area contributed by atoms with E-state index in [1.165, 1.54) is 29.6 Å². The quantitative estimate of drug-likeness (QED) is 0.504. The first-order valence-electron chi connectivity index (χ1n) is 10.7. The number of rotatable bonds is 10. The Morgan fingerprint density at radius 1 is 1.09 bits per heavy atom. The van der Waals surface area contributed by atoms with Gasteiger partial charge in [-0.2, -0.15) is 4.31 Å². The maximum Gasteiger partial charge on any atom is 0.253 e. The Labute approximate surface area is 199 Å². The topological polar surface area (TPSA) is 94.2 Å². The Kier molecular flexibility index (Phi) is 8.58. The summed E-state index contributed by atoms with van der Waals surface area (Å²) < 4.78 is 43.2. The van der Waals surface area contributed by atoms with E-state index >= 15 is 0 Å². The van der Waals surface area contributed by atoms with E-state index in [0.29, 0.717) is 37.8 Å². The zero-order valence-electron chi connectivity index (χ0n) is 19.0. The van der Waals surface area contributed by atoms with Crippen molar-refractivity contribution in [3.8, 4) is 11.5 Å². The molecule has 1 fully saturated rings. The molecule has 0 saturated carbocycles. The molecule has 0 bridgehead atoms. The molecule has 8 nitrogen and oxygen atoms in total. The summed E-state index contributed by atoms with van der Waals surface area (Å²) in [5, 5.41) is 3.06. The van der Waals surface area contributed by atoms with Crippen LogP contribution in [-0.2, 0) is 14.8 Å². The van der Waals surface area contributed by atoms with Crippen molar-refractivity contribution in [1.82, 2.24) is 9.62 Å². The van der Waals surface area contributed by atoms with E-state index in [4.69, 9.17) is 25.8 Å². The number of hydrogen-bond donors (Lipinski definition) is 1. The Balaban J connectivity index is 1.77. The average molecular weight is 497 g/mol. The predicted molar refractivity (Wildman–Crippen MR) is 126 cm³/mol. The standard InChI is InChI=1S/C23H29ClN2O6S/c1-16(17-6-9-21(22(14-17)31-3)32-13-12-30-2)25-23(27)19-15-18(7-8-20(19)24)33(28,29)26-10-4-5-11-26/h6-9,14-16H,4-5,10-13H2,1-3H3,(H,25,27). The molecule has 0 spiro atoms. The fraction of sp³-hybridized carbons (Fsp3) is 0.435. The third-order valence-electron chi connectivity index (χ3n) is 5.47. The summed E-state index contributed by atoms with van der Waals surface area (Å²) >= 11 is 6.24. The lowest BCUT2D eigenvalue weighted by Gasteiger charge is -2.19. The highest BCUT2D eigenvalue weighted by molar-refractivity contribution is 7.89. The van der Waals surface area contributed by atoms with Crippen LogP contribution in [0.2, 0.25) is 5.02 Å². The number of carbonyl (C=O) groups is 1. The van der Waals surface area contributed by atoms with Gasteiger partial charge in [0, 0.05) is 20.2 Å². The average Bonchev–Trinajstić information content (AvgIpc) is 3.35. The number of halogens is 1. The summed E-state index contributed by atoms with van der Waals surface area (Å²) in [4.78, 5) is 13.0. The van der Waals surface area contributed by atoms with Crippen molar-refractivity contribution >= 4 is 27.5 Å². The van der Waals surface area contributed by atoms with Crippen molar-refractivity contribution in [2.45, 2.75) is 30.7 Å².